The van der Waals surface area contributed by atoms with E-state index in [9.17, 15) is 14.7 Å². The summed E-state index contributed by atoms with van der Waals surface area (Å²) in [5.74, 6) is -1.31. The molecule has 1 aliphatic rings. The highest BCUT2D eigenvalue weighted by atomic mass is 35.5. The number of anilines is 1. The third-order valence-corrected chi connectivity index (χ3v) is 6.69. The molecule has 2 aromatic carbocycles. The van der Waals surface area contributed by atoms with E-state index in [-0.39, 0.29) is 11.3 Å². The summed E-state index contributed by atoms with van der Waals surface area (Å²) in [5, 5.41) is 13.4. The average Bonchev–Trinajstić information content (AvgIpc) is 3.37. The Bertz CT molecular complexity index is 1220. The summed E-state index contributed by atoms with van der Waals surface area (Å²) in [5.41, 5.74) is 3.08. The Hall–Kier alpha value is -3.09. The summed E-state index contributed by atoms with van der Waals surface area (Å²) in [6.07, 6.45) is 0. The molecule has 1 aromatic heterocycles. The number of benzene rings is 2. The second kappa shape index (κ2) is 8.21. The zero-order valence-electron chi connectivity index (χ0n) is 17.2. The standard InChI is InChI=1S/C24H20ClNO4S/c1-13-6-8-16(11-14(13)2)26-21(19-5-4-10-31-19)20(23(28)24(26)29)22(27)15-7-9-17(25)18(12-15)30-3/h4-12,21,27H,1-3H3/b22-20-. The van der Waals surface area contributed by atoms with Gasteiger partial charge in [0.25, 0.3) is 11.7 Å². The van der Waals surface area contributed by atoms with E-state index in [1.165, 1.54) is 23.3 Å². The van der Waals surface area contributed by atoms with E-state index in [2.05, 4.69) is 0 Å². The third-order valence-electron chi connectivity index (χ3n) is 5.45. The van der Waals surface area contributed by atoms with Crippen LogP contribution in [-0.2, 0) is 9.59 Å². The Kier molecular flexibility index (Phi) is 5.60. The minimum atomic E-state index is -0.733. The fourth-order valence-corrected chi connectivity index (χ4v) is 4.67. The van der Waals surface area contributed by atoms with E-state index in [4.69, 9.17) is 16.3 Å². The van der Waals surface area contributed by atoms with Crippen molar-refractivity contribution in [2.24, 2.45) is 0 Å². The summed E-state index contributed by atoms with van der Waals surface area (Å²) in [6.45, 7) is 3.94. The van der Waals surface area contributed by atoms with Crippen LogP contribution in [0.3, 0.4) is 0 Å². The quantitative estimate of drug-likeness (QED) is 0.315. The first-order valence-electron chi connectivity index (χ1n) is 9.59. The monoisotopic (exact) mass is 453 g/mol. The van der Waals surface area contributed by atoms with Gasteiger partial charge in [0.1, 0.15) is 17.6 Å². The van der Waals surface area contributed by atoms with Gasteiger partial charge < -0.3 is 9.84 Å². The number of carbonyl (C=O) groups is 2. The number of aliphatic hydroxyl groups is 1. The molecule has 4 rings (SSSR count). The van der Waals surface area contributed by atoms with Crippen LogP contribution < -0.4 is 9.64 Å². The number of hydrogen-bond donors (Lipinski definition) is 1. The minimum absolute atomic E-state index is 0.0371. The molecule has 1 amide bonds. The summed E-state index contributed by atoms with van der Waals surface area (Å²) in [6, 6.07) is 13.3. The maximum atomic E-state index is 13.1. The molecule has 3 aromatic rings. The predicted octanol–water partition coefficient (Wildman–Crippen LogP) is 5.65. The average molecular weight is 454 g/mol. The molecule has 0 saturated carbocycles. The summed E-state index contributed by atoms with van der Waals surface area (Å²) in [7, 11) is 1.47. The number of ether oxygens (including phenoxy) is 1. The van der Waals surface area contributed by atoms with E-state index < -0.39 is 17.7 Å². The number of hydrogen-bond acceptors (Lipinski definition) is 5. The first kappa shape index (κ1) is 21.2. The molecular formula is C24H20ClNO4S. The number of ketones is 1. The van der Waals surface area contributed by atoms with Gasteiger partial charge in [-0.05, 0) is 66.8 Å². The molecular weight excluding hydrogens is 434 g/mol. The Morgan fingerprint density at radius 2 is 1.87 bits per heavy atom. The first-order valence-corrected chi connectivity index (χ1v) is 10.8. The Balaban J connectivity index is 1.93. The van der Waals surface area contributed by atoms with Crippen LogP contribution in [0.1, 0.15) is 27.6 Å². The maximum absolute atomic E-state index is 13.1. The number of amides is 1. The zero-order chi connectivity index (χ0) is 22.3. The number of thiophene rings is 1. The number of rotatable bonds is 4. The molecule has 0 bridgehead atoms. The van der Waals surface area contributed by atoms with Gasteiger partial charge in [0.05, 0.1) is 17.7 Å². The number of halogens is 1. The van der Waals surface area contributed by atoms with Crippen LogP contribution in [0.15, 0.2) is 59.5 Å². The zero-order valence-corrected chi connectivity index (χ0v) is 18.8. The van der Waals surface area contributed by atoms with Crippen LogP contribution >= 0.6 is 22.9 Å². The lowest BCUT2D eigenvalue weighted by Crippen LogP contribution is -2.29. The van der Waals surface area contributed by atoms with Gasteiger partial charge in [-0.15, -0.1) is 11.3 Å². The normalized spacial score (nSPS) is 17.9. The minimum Gasteiger partial charge on any atom is -0.507 e. The van der Waals surface area contributed by atoms with Gasteiger partial charge in [-0.25, -0.2) is 0 Å². The molecule has 1 unspecified atom stereocenters. The van der Waals surface area contributed by atoms with Crippen molar-refractivity contribution in [1.82, 2.24) is 0 Å². The SMILES string of the molecule is COc1cc(/C(O)=C2/C(=O)C(=O)N(c3ccc(C)c(C)c3)C2c2cccs2)ccc1Cl. The molecule has 2 heterocycles. The molecule has 1 N–H and O–H groups in total. The van der Waals surface area contributed by atoms with Crippen molar-refractivity contribution in [2.75, 3.05) is 12.0 Å². The van der Waals surface area contributed by atoms with Crippen LogP contribution in [0.2, 0.25) is 5.02 Å². The lowest BCUT2D eigenvalue weighted by molar-refractivity contribution is -0.132. The van der Waals surface area contributed by atoms with Gasteiger partial charge in [-0.1, -0.05) is 23.7 Å². The second-order valence-electron chi connectivity index (χ2n) is 7.30. The van der Waals surface area contributed by atoms with Crippen molar-refractivity contribution in [3.63, 3.8) is 0 Å². The van der Waals surface area contributed by atoms with Gasteiger partial charge in [0.15, 0.2) is 0 Å². The number of methoxy groups -OCH3 is 1. The van der Waals surface area contributed by atoms with E-state index >= 15 is 0 Å². The van der Waals surface area contributed by atoms with Gasteiger partial charge in [-0.2, -0.15) is 0 Å². The van der Waals surface area contributed by atoms with Crippen molar-refractivity contribution in [1.29, 1.82) is 0 Å². The molecule has 1 aliphatic heterocycles. The van der Waals surface area contributed by atoms with Gasteiger partial charge in [-0.3, -0.25) is 14.5 Å². The smallest absolute Gasteiger partial charge is 0.300 e. The van der Waals surface area contributed by atoms with Gasteiger partial charge >= 0.3 is 0 Å². The number of aryl methyl sites for hydroxylation is 2. The van der Waals surface area contributed by atoms with Crippen molar-refractivity contribution in [3.8, 4) is 5.75 Å². The van der Waals surface area contributed by atoms with Crippen LogP contribution in [0, 0.1) is 13.8 Å². The highest BCUT2D eigenvalue weighted by Gasteiger charge is 2.47. The van der Waals surface area contributed by atoms with Crippen LogP contribution in [-0.4, -0.2) is 23.9 Å². The Labute approximate surface area is 189 Å². The van der Waals surface area contributed by atoms with Crippen molar-refractivity contribution >= 4 is 46.1 Å². The lowest BCUT2D eigenvalue weighted by Gasteiger charge is -2.25. The molecule has 158 valence electrons. The number of aliphatic hydroxyl groups excluding tert-OH is 1. The molecule has 1 fully saturated rings. The predicted molar refractivity (Wildman–Crippen MR) is 123 cm³/mol. The Morgan fingerprint density at radius 1 is 1.10 bits per heavy atom. The topological polar surface area (TPSA) is 66.8 Å². The fourth-order valence-electron chi connectivity index (χ4n) is 3.65. The molecule has 1 saturated heterocycles. The number of carbonyl (C=O) groups excluding carboxylic acids is 2. The molecule has 0 radical (unpaired) electrons. The summed E-state index contributed by atoms with van der Waals surface area (Å²) < 4.78 is 5.23. The largest absolute Gasteiger partial charge is 0.507 e. The maximum Gasteiger partial charge on any atom is 0.300 e. The third kappa shape index (κ3) is 3.62. The van der Waals surface area contributed by atoms with Crippen LogP contribution in [0.4, 0.5) is 5.69 Å². The van der Waals surface area contributed by atoms with Crippen LogP contribution in [0.5, 0.6) is 5.75 Å². The number of nitrogens with zero attached hydrogens (tertiary/aromatic N) is 1. The van der Waals surface area contributed by atoms with Crippen LogP contribution in [0.25, 0.3) is 5.76 Å². The molecule has 1 atom stereocenters. The molecule has 7 heteroatoms. The lowest BCUT2D eigenvalue weighted by atomic mass is 9.99. The fraction of sp³-hybridized carbons (Fsp3) is 0.167. The van der Waals surface area contributed by atoms with E-state index in [0.717, 1.165) is 16.0 Å². The van der Waals surface area contributed by atoms with E-state index in [1.54, 1.807) is 18.2 Å². The van der Waals surface area contributed by atoms with Gasteiger partial charge in [0.2, 0.25) is 0 Å². The first-order chi connectivity index (χ1) is 14.8. The number of Topliss-reactive ketones (excluding diaryl/α,β-unsaturated/α-hetero) is 1. The van der Waals surface area contributed by atoms with Crippen molar-refractivity contribution in [3.05, 3.63) is 86.1 Å². The van der Waals surface area contributed by atoms with E-state index in [1.807, 2.05) is 49.6 Å². The Morgan fingerprint density at radius 3 is 2.52 bits per heavy atom. The second-order valence-corrected chi connectivity index (χ2v) is 8.69. The molecule has 5 nitrogen and oxygen atoms in total. The summed E-state index contributed by atoms with van der Waals surface area (Å²) >= 11 is 7.52. The van der Waals surface area contributed by atoms with Gasteiger partial charge in [0, 0.05) is 16.1 Å². The molecule has 0 spiro atoms. The molecule has 31 heavy (non-hydrogen) atoms. The molecule has 0 aliphatic carbocycles. The highest BCUT2D eigenvalue weighted by Crippen LogP contribution is 2.44. The van der Waals surface area contributed by atoms with Crippen molar-refractivity contribution < 1.29 is 19.4 Å². The van der Waals surface area contributed by atoms with Crippen molar-refractivity contribution in [2.45, 2.75) is 19.9 Å². The highest BCUT2D eigenvalue weighted by molar-refractivity contribution is 7.10. The summed E-state index contributed by atoms with van der Waals surface area (Å²) in [4.78, 5) is 28.5. The van der Waals surface area contributed by atoms with E-state index in [0.29, 0.717) is 22.0 Å².